The molecule has 0 fully saturated rings. The summed E-state index contributed by atoms with van der Waals surface area (Å²) in [6.45, 7) is 7.64. The zero-order valence-electron chi connectivity index (χ0n) is 10.1. The molecular weight excluding hydrogens is 202 g/mol. The second kappa shape index (κ2) is 4.93. The van der Waals surface area contributed by atoms with Crippen LogP contribution in [0.5, 0.6) is 0 Å². The smallest absolute Gasteiger partial charge is 0.0366 e. The monoisotopic (exact) mass is 223 g/mol. The highest BCUT2D eigenvalue weighted by molar-refractivity contribution is 7.80. The van der Waals surface area contributed by atoms with E-state index in [0.717, 1.165) is 12.3 Å². The first-order valence-corrected chi connectivity index (χ1v) is 5.96. The highest BCUT2D eigenvalue weighted by Gasteiger charge is 2.18. The normalized spacial score (nSPS) is 11.5. The molecule has 0 aromatic heterocycles. The van der Waals surface area contributed by atoms with E-state index in [1.165, 1.54) is 11.3 Å². The predicted octanol–water partition coefficient (Wildman–Crippen LogP) is 3.39. The number of thiol groups is 1. The fraction of sp³-hybridized carbons (Fsp3) is 0.538. The molecule has 84 valence electrons. The van der Waals surface area contributed by atoms with Crippen molar-refractivity contribution in [3.63, 3.8) is 0 Å². The molecule has 0 saturated carbocycles. The number of hydrogen-bond acceptors (Lipinski definition) is 2. The summed E-state index contributed by atoms with van der Waals surface area (Å²) in [5, 5.41) is 0. The predicted molar refractivity (Wildman–Crippen MR) is 72.1 cm³/mol. The number of rotatable bonds is 4. The van der Waals surface area contributed by atoms with Crippen LogP contribution in [0.1, 0.15) is 19.4 Å². The minimum absolute atomic E-state index is 0.252. The topological polar surface area (TPSA) is 3.24 Å². The van der Waals surface area contributed by atoms with Gasteiger partial charge in [-0.15, -0.1) is 0 Å². The van der Waals surface area contributed by atoms with Crippen LogP contribution in [0.25, 0.3) is 0 Å². The largest absolute Gasteiger partial charge is 0.374 e. The third kappa shape index (κ3) is 3.78. The third-order valence-electron chi connectivity index (χ3n) is 2.54. The van der Waals surface area contributed by atoms with Crippen LogP contribution in [0.15, 0.2) is 24.3 Å². The second-order valence-corrected chi connectivity index (χ2v) is 5.33. The van der Waals surface area contributed by atoms with Gasteiger partial charge in [0.1, 0.15) is 0 Å². The highest BCUT2D eigenvalue weighted by atomic mass is 32.1. The van der Waals surface area contributed by atoms with Gasteiger partial charge in [-0.1, -0.05) is 26.0 Å². The molecule has 0 bridgehead atoms. The van der Waals surface area contributed by atoms with Crippen molar-refractivity contribution in [2.75, 3.05) is 24.2 Å². The maximum absolute atomic E-state index is 4.38. The molecule has 1 aromatic rings. The van der Waals surface area contributed by atoms with Crippen LogP contribution < -0.4 is 4.90 Å². The van der Waals surface area contributed by atoms with Gasteiger partial charge < -0.3 is 4.90 Å². The van der Waals surface area contributed by atoms with Crippen molar-refractivity contribution in [1.29, 1.82) is 0 Å². The molecule has 0 saturated heterocycles. The van der Waals surface area contributed by atoms with Crippen LogP contribution in [0.4, 0.5) is 5.69 Å². The van der Waals surface area contributed by atoms with Crippen molar-refractivity contribution in [3.05, 3.63) is 29.8 Å². The lowest BCUT2D eigenvalue weighted by Gasteiger charge is -2.30. The van der Waals surface area contributed by atoms with Gasteiger partial charge in [0.25, 0.3) is 0 Å². The molecule has 0 aliphatic carbocycles. The minimum atomic E-state index is 0.252. The Balaban J connectivity index is 2.73. The van der Waals surface area contributed by atoms with E-state index in [1.54, 1.807) is 0 Å². The van der Waals surface area contributed by atoms with Gasteiger partial charge in [0.15, 0.2) is 0 Å². The average Bonchev–Trinajstić information content (AvgIpc) is 2.17. The summed E-state index contributed by atoms with van der Waals surface area (Å²) in [6, 6.07) is 8.60. The summed E-state index contributed by atoms with van der Waals surface area (Å²) in [5.41, 5.74) is 2.84. The summed E-state index contributed by atoms with van der Waals surface area (Å²) in [4.78, 5) is 2.29. The summed E-state index contributed by atoms with van der Waals surface area (Å²) in [7, 11) is 2.14. The number of hydrogen-bond donors (Lipinski definition) is 1. The van der Waals surface area contributed by atoms with E-state index in [1.807, 2.05) is 0 Å². The molecule has 0 radical (unpaired) electrons. The first kappa shape index (κ1) is 12.4. The van der Waals surface area contributed by atoms with Crippen molar-refractivity contribution >= 4 is 18.3 Å². The Kier molecular flexibility index (Phi) is 4.09. The van der Waals surface area contributed by atoms with Crippen LogP contribution in [-0.4, -0.2) is 19.3 Å². The van der Waals surface area contributed by atoms with E-state index in [4.69, 9.17) is 0 Å². The summed E-state index contributed by atoms with van der Waals surface area (Å²) < 4.78 is 0. The molecule has 0 aliphatic rings. The SMILES string of the molecule is Cc1cccc(N(C)CC(C)(C)CS)c1. The lowest BCUT2D eigenvalue weighted by molar-refractivity contribution is 0.430. The molecule has 0 aliphatic heterocycles. The molecule has 1 aromatic carbocycles. The zero-order valence-corrected chi connectivity index (χ0v) is 11.0. The molecule has 0 unspecified atom stereocenters. The minimum Gasteiger partial charge on any atom is -0.374 e. The van der Waals surface area contributed by atoms with Gasteiger partial charge in [0.2, 0.25) is 0 Å². The molecule has 15 heavy (non-hydrogen) atoms. The van der Waals surface area contributed by atoms with E-state index in [9.17, 15) is 0 Å². The molecule has 0 atom stereocenters. The molecule has 2 heteroatoms. The lowest BCUT2D eigenvalue weighted by atomic mass is 9.95. The van der Waals surface area contributed by atoms with Gasteiger partial charge in [0, 0.05) is 19.3 Å². The standard InChI is InChI=1S/C13H21NS/c1-11-6-5-7-12(8-11)14(4)9-13(2,3)10-15/h5-8,15H,9-10H2,1-4H3. The summed E-state index contributed by atoms with van der Waals surface area (Å²) in [5.74, 6) is 0.906. The Hall–Kier alpha value is -0.630. The maximum atomic E-state index is 4.38. The van der Waals surface area contributed by atoms with E-state index >= 15 is 0 Å². The third-order valence-corrected chi connectivity index (χ3v) is 3.39. The van der Waals surface area contributed by atoms with Crippen molar-refractivity contribution in [2.45, 2.75) is 20.8 Å². The van der Waals surface area contributed by atoms with Crippen LogP contribution in [-0.2, 0) is 0 Å². The molecule has 0 spiro atoms. The van der Waals surface area contributed by atoms with Gasteiger partial charge in [-0.25, -0.2) is 0 Å². The van der Waals surface area contributed by atoms with Crippen LogP contribution in [0, 0.1) is 12.3 Å². The van der Waals surface area contributed by atoms with Crippen molar-refractivity contribution in [2.24, 2.45) is 5.41 Å². The van der Waals surface area contributed by atoms with Crippen LogP contribution in [0.3, 0.4) is 0 Å². The first-order chi connectivity index (χ1) is 6.94. The Morgan fingerprint density at radius 2 is 2.00 bits per heavy atom. The molecular formula is C13H21NS. The Morgan fingerprint density at radius 1 is 1.33 bits per heavy atom. The first-order valence-electron chi connectivity index (χ1n) is 5.33. The highest BCUT2D eigenvalue weighted by Crippen LogP contribution is 2.22. The average molecular weight is 223 g/mol. The lowest BCUT2D eigenvalue weighted by Crippen LogP contribution is -2.32. The van der Waals surface area contributed by atoms with Crippen molar-refractivity contribution in [1.82, 2.24) is 0 Å². The Labute approximate surface area is 98.9 Å². The molecule has 1 rings (SSSR count). The van der Waals surface area contributed by atoms with E-state index in [0.29, 0.717) is 0 Å². The van der Waals surface area contributed by atoms with Gasteiger partial charge in [0.05, 0.1) is 0 Å². The Bertz CT molecular complexity index is 320. The number of aryl methyl sites for hydroxylation is 1. The fourth-order valence-corrected chi connectivity index (χ4v) is 1.75. The molecule has 0 amide bonds. The van der Waals surface area contributed by atoms with E-state index in [-0.39, 0.29) is 5.41 Å². The van der Waals surface area contributed by atoms with Crippen molar-refractivity contribution in [3.8, 4) is 0 Å². The van der Waals surface area contributed by atoms with Crippen LogP contribution in [0.2, 0.25) is 0 Å². The number of benzene rings is 1. The second-order valence-electron chi connectivity index (χ2n) is 5.02. The van der Waals surface area contributed by atoms with Gasteiger partial charge in [-0.05, 0) is 35.8 Å². The maximum Gasteiger partial charge on any atom is 0.0366 e. The number of nitrogens with zero attached hydrogens (tertiary/aromatic N) is 1. The van der Waals surface area contributed by atoms with Crippen molar-refractivity contribution < 1.29 is 0 Å². The number of anilines is 1. The molecule has 1 nitrogen and oxygen atoms in total. The zero-order chi connectivity index (χ0) is 11.5. The van der Waals surface area contributed by atoms with E-state index < -0.39 is 0 Å². The van der Waals surface area contributed by atoms with E-state index in [2.05, 4.69) is 69.6 Å². The van der Waals surface area contributed by atoms with Gasteiger partial charge in [-0.2, -0.15) is 12.6 Å². The molecule has 0 heterocycles. The summed E-state index contributed by atoms with van der Waals surface area (Å²) >= 11 is 4.38. The summed E-state index contributed by atoms with van der Waals surface area (Å²) in [6.07, 6.45) is 0. The van der Waals surface area contributed by atoms with Gasteiger partial charge >= 0.3 is 0 Å². The fourth-order valence-electron chi connectivity index (χ4n) is 1.65. The Morgan fingerprint density at radius 3 is 2.53 bits per heavy atom. The molecule has 0 N–H and O–H groups in total. The van der Waals surface area contributed by atoms with Crippen LogP contribution >= 0.6 is 12.6 Å². The quantitative estimate of drug-likeness (QED) is 0.766. The van der Waals surface area contributed by atoms with Gasteiger partial charge in [-0.3, -0.25) is 0 Å².